The number of hydrogen-bond acceptors (Lipinski definition) is 7. The quantitative estimate of drug-likeness (QED) is 0.551. The van der Waals surface area contributed by atoms with E-state index in [4.69, 9.17) is 9.15 Å². The number of dihydropyridines is 1. The molecule has 2 heterocycles. The van der Waals surface area contributed by atoms with Crippen LogP contribution in [-0.2, 0) is 20.9 Å². The van der Waals surface area contributed by atoms with Crippen molar-refractivity contribution in [3.8, 4) is 6.07 Å². The number of esters is 1. The molecular formula is C25H27N3O4S. The van der Waals surface area contributed by atoms with Gasteiger partial charge in [0.25, 0.3) is 0 Å². The average molecular weight is 466 g/mol. The Bertz CT molecular complexity index is 1080. The molecule has 1 aromatic carbocycles. The van der Waals surface area contributed by atoms with Crippen molar-refractivity contribution < 1.29 is 18.7 Å². The molecule has 8 heteroatoms. The summed E-state index contributed by atoms with van der Waals surface area (Å²) in [6.07, 6.45) is 1.51. The maximum Gasteiger partial charge on any atom is 0.337 e. The van der Waals surface area contributed by atoms with Gasteiger partial charge in [0.05, 0.1) is 40.2 Å². The highest BCUT2D eigenvalue weighted by Crippen LogP contribution is 2.41. The van der Waals surface area contributed by atoms with E-state index < -0.39 is 11.9 Å². The maximum absolute atomic E-state index is 13.1. The third-order valence-electron chi connectivity index (χ3n) is 5.36. The molecule has 7 nitrogen and oxygen atoms in total. The Hall–Kier alpha value is -3.44. The lowest BCUT2D eigenvalue weighted by molar-refractivity contribution is -0.140. The van der Waals surface area contributed by atoms with Crippen LogP contribution in [0.3, 0.4) is 0 Å². The number of nitriles is 1. The van der Waals surface area contributed by atoms with Crippen molar-refractivity contribution in [2.24, 2.45) is 0 Å². The van der Waals surface area contributed by atoms with Crippen molar-refractivity contribution in [1.82, 2.24) is 10.2 Å². The van der Waals surface area contributed by atoms with Crippen molar-refractivity contribution in [3.63, 3.8) is 0 Å². The first-order chi connectivity index (χ1) is 16.0. The Balaban J connectivity index is 1.87. The minimum atomic E-state index is -0.722. The molecule has 1 amide bonds. The Morgan fingerprint density at radius 1 is 1.18 bits per heavy atom. The van der Waals surface area contributed by atoms with Gasteiger partial charge in [-0.25, -0.2) is 4.79 Å². The van der Waals surface area contributed by atoms with Crippen LogP contribution >= 0.6 is 11.8 Å². The zero-order valence-corrected chi connectivity index (χ0v) is 19.8. The summed E-state index contributed by atoms with van der Waals surface area (Å²) < 4.78 is 11.2. The second kappa shape index (κ2) is 11.4. The van der Waals surface area contributed by atoms with Crippen LogP contribution in [0, 0.1) is 11.3 Å². The van der Waals surface area contributed by atoms with Gasteiger partial charge < -0.3 is 19.4 Å². The molecule has 0 radical (unpaired) electrons. The van der Waals surface area contributed by atoms with Gasteiger partial charge in [0.1, 0.15) is 12.4 Å². The molecule has 1 aliphatic heterocycles. The summed E-state index contributed by atoms with van der Waals surface area (Å²) in [5.74, 6) is -0.615. The molecule has 1 aromatic heterocycles. The fraction of sp³-hybridized carbons (Fsp3) is 0.320. The molecule has 0 unspecified atom stereocenters. The average Bonchev–Trinajstić information content (AvgIpc) is 3.36. The van der Waals surface area contributed by atoms with E-state index in [9.17, 15) is 14.9 Å². The van der Waals surface area contributed by atoms with Crippen LogP contribution in [0.5, 0.6) is 0 Å². The lowest BCUT2D eigenvalue weighted by atomic mass is 9.86. The molecule has 0 aliphatic carbocycles. The van der Waals surface area contributed by atoms with Gasteiger partial charge in [0, 0.05) is 18.8 Å². The van der Waals surface area contributed by atoms with Crippen LogP contribution in [-0.4, -0.2) is 35.6 Å². The number of hydrogen-bond donors (Lipinski definition) is 1. The molecule has 0 spiro atoms. The van der Waals surface area contributed by atoms with Crippen LogP contribution in [0.15, 0.2) is 75.0 Å². The van der Waals surface area contributed by atoms with Gasteiger partial charge in [0.2, 0.25) is 5.91 Å². The van der Waals surface area contributed by atoms with Crippen LogP contribution in [0.4, 0.5) is 0 Å². The summed E-state index contributed by atoms with van der Waals surface area (Å²) in [5.41, 5.74) is 2.06. The monoisotopic (exact) mass is 465 g/mol. The van der Waals surface area contributed by atoms with Gasteiger partial charge in [-0.3, -0.25) is 4.79 Å². The number of thioether (sulfide) groups is 1. The summed E-state index contributed by atoms with van der Waals surface area (Å²) in [6, 6.07) is 15.1. The second-order valence-corrected chi connectivity index (χ2v) is 8.37. The van der Waals surface area contributed by atoms with Gasteiger partial charge in [-0.15, -0.1) is 0 Å². The smallest absolute Gasteiger partial charge is 0.337 e. The summed E-state index contributed by atoms with van der Waals surface area (Å²) in [4.78, 5) is 27.4. The first-order valence-electron chi connectivity index (χ1n) is 10.8. The highest BCUT2D eigenvalue weighted by Gasteiger charge is 2.37. The van der Waals surface area contributed by atoms with Crippen molar-refractivity contribution in [2.75, 3.05) is 18.8 Å². The number of carbonyl (C=O) groups is 2. The summed E-state index contributed by atoms with van der Waals surface area (Å²) in [7, 11) is 0. The van der Waals surface area contributed by atoms with Gasteiger partial charge in [0.15, 0.2) is 0 Å². The van der Waals surface area contributed by atoms with Gasteiger partial charge in [-0.1, -0.05) is 42.1 Å². The number of rotatable bonds is 9. The highest BCUT2D eigenvalue weighted by molar-refractivity contribution is 8.03. The Labute approximate surface area is 198 Å². The van der Waals surface area contributed by atoms with E-state index in [0.717, 1.165) is 5.56 Å². The summed E-state index contributed by atoms with van der Waals surface area (Å²) >= 11 is 1.25. The third-order valence-corrected chi connectivity index (χ3v) is 6.37. The first-order valence-corrected chi connectivity index (χ1v) is 11.8. The van der Waals surface area contributed by atoms with E-state index in [1.165, 1.54) is 18.0 Å². The van der Waals surface area contributed by atoms with Crippen LogP contribution < -0.4 is 5.32 Å². The zero-order valence-electron chi connectivity index (χ0n) is 19.0. The number of furan rings is 1. The molecule has 0 bridgehead atoms. The SMILES string of the molecule is CCN(CC)C(=O)CSC1=C(C#N)[C@H](c2ccco2)C(C(=O)OCc2ccccc2)=C(C)N1. The van der Waals surface area contributed by atoms with E-state index in [1.807, 2.05) is 44.2 Å². The number of ether oxygens (including phenoxy) is 1. The molecule has 0 saturated heterocycles. The van der Waals surface area contributed by atoms with Crippen molar-refractivity contribution in [3.05, 3.63) is 81.9 Å². The molecule has 1 atom stereocenters. The number of amides is 1. The predicted molar refractivity (Wildman–Crippen MR) is 127 cm³/mol. The fourth-order valence-corrected chi connectivity index (χ4v) is 4.63. The van der Waals surface area contributed by atoms with Gasteiger partial charge in [-0.2, -0.15) is 5.26 Å². The van der Waals surface area contributed by atoms with E-state index in [-0.39, 0.29) is 18.3 Å². The fourth-order valence-electron chi connectivity index (χ4n) is 3.64. The van der Waals surface area contributed by atoms with Crippen LogP contribution in [0.2, 0.25) is 0 Å². The number of nitrogens with one attached hydrogen (secondary N) is 1. The number of carbonyl (C=O) groups excluding carboxylic acids is 2. The molecule has 3 rings (SSSR count). The molecule has 33 heavy (non-hydrogen) atoms. The molecule has 0 saturated carbocycles. The van der Waals surface area contributed by atoms with E-state index in [2.05, 4.69) is 11.4 Å². The van der Waals surface area contributed by atoms with E-state index >= 15 is 0 Å². The highest BCUT2D eigenvalue weighted by atomic mass is 32.2. The van der Waals surface area contributed by atoms with Gasteiger partial charge >= 0.3 is 5.97 Å². The summed E-state index contributed by atoms with van der Waals surface area (Å²) in [5, 5.41) is 13.7. The standard InChI is InChI=1S/C25H27N3O4S/c1-4-28(5-2)21(29)16-33-24-19(14-26)23(20-12-9-13-31-20)22(17(3)27-24)25(30)32-15-18-10-7-6-8-11-18/h6-13,23,27H,4-5,15-16H2,1-3H3/t23-/m1/s1. The topological polar surface area (TPSA) is 95.6 Å². The molecule has 172 valence electrons. The zero-order chi connectivity index (χ0) is 23.8. The normalized spacial score (nSPS) is 15.6. The largest absolute Gasteiger partial charge is 0.468 e. The van der Waals surface area contributed by atoms with Crippen LogP contribution in [0.25, 0.3) is 0 Å². The Kier molecular flexibility index (Phi) is 8.39. The number of nitrogens with zero attached hydrogens (tertiary/aromatic N) is 2. The summed E-state index contributed by atoms with van der Waals surface area (Å²) in [6.45, 7) is 6.98. The van der Waals surface area contributed by atoms with E-state index in [0.29, 0.717) is 40.7 Å². The maximum atomic E-state index is 13.1. The number of benzene rings is 1. The molecule has 0 fully saturated rings. The van der Waals surface area contributed by atoms with Crippen LogP contribution in [0.1, 0.15) is 38.0 Å². The van der Waals surface area contributed by atoms with Gasteiger partial charge in [-0.05, 0) is 38.5 Å². The molecule has 1 N–H and O–H groups in total. The lowest BCUT2D eigenvalue weighted by Gasteiger charge is -2.28. The minimum Gasteiger partial charge on any atom is -0.468 e. The molecule has 2 aromatic rings. The third kappa shape index (κ3) is 5.68. The second-order valence-electron chi connectivity index (χ2n) is 7.38. The number of allylic oxidation sites excluding steroid dienone is 2. The first kappa shape index (κ1) is 24.2. The van der Waals surface area contributed by atoms with Crippen molar-refractivity contribution in [2.45, 2.75) is 33.3 Å². The predicted octanol–water partition coefficient (Wildman–Crippen LogP) is 4.32. The molecule has 1 aliphatic rings. The molecular weight excluding hydrogens is 438 g/mol. The lowest BCUT2D eigenvalue weighted by Crippen LogP contribution is -2.33. The van der Waals surface area contributed by atoms with Crippen molar-refractivity contribution >= 4 is 23.6 Å². The van der Waals surface area contributed by atoms with Crippen molar-refractivity contribution in [1.29, 1.82) is 5.26 Å². The Morgan fingerprint density at radius 3 is 2.52 bits per heavy atom. The van der Waals surface area contributed by atoms with E-state index in [1.54, 1.807) is 24.0 Å². The minimum absolute atomic E-state index is 0.0131. The Morgan fingerprint density at radius 2 is 1.91 bits per heavy atom.